The van der Waals surface area contributed by atoms with Crippen molar-refractivity contribution in [2.75, 3.05) is 19.8 Å². The van der Waals surface area contributed by atoms with Crippen LogP contribution in [0.25, 0.3) is 0 Å². The molecule has 4 atom stereocenters. The van der Waals surface area contributed by atoms with Crippen molar-refractivity contribution < 1.29 is 9.47 Å². The van der Waals surface area contributed by atoms with Crippen molar-refractivity contribution in [2.45, 2.75) is 55.9 Å². The van der Waals surface area contributed by atoms with E-state index in [4.69, 9.17) is 21.1 Å². The van der Waals surface area contributed by atoms with Crippen LogP contribution in [0, 0.1) is 11.8 Å². The third-order valence-electron chi connectivity index (χ3n) is 4.92. The van der Waals surface area contributed by atoms with Crippen LogP contribution in [0.5, 0.6) is 0 Å². The van der Waals surface area contributed by atoms with Gasteiger partial charge in [-0.2, -0.15) is 0 Å². The number of halogens is 1. The van der Waals surface area contributed by atoms with Gasteiger partial charge in [-0.25, -0.2) is 0 Å². The Labute approximate surface area is 109 Å². The predicted octanol–water partition coefficient (Wildman–Crippen LogP) is 3.37. The summed E-state index contributed by atoms with van der Waals surface area (Å²) in [5.41, 5.74) is 0.0716. The van der Waals surface area contributed by atoms with Crippen LogP contribution in [-0.4, -0.2) is 30.8 Å². The maximum Gasteiger partial charge on any atom is 0.0939 e. The van der Waals surface area contributed by atoms with Crippen molar-refractivity contribution in [1.29, 1.82) is 0 Å². The third-order valence-corrected chi connectivity index (χ3v) is 5.31. The van der Waals surface area contributed by atoms with Gasteiger partial charge in [0.15, 0.2) is 0 Å². The van der Waals surface area contributed by atoms with E-state index in [1.165, 1.54) is 38.5 Å². The van der Waals surface area contributed by atoms with Crippen LogP contribution < -0.4 is 0 Å². The maximum absolute atomic E-state index is 6.33. The minimum absolute atomic E-state index is 0.0716. The summed E-state index contributed by atoms with van der Waals surface area (Å²) < 4.78 is 11.6. The molecule has 3 rings (SSSR count). The molecule has 0 aromatic rings. The smallest absolute Gasteiger partial charge is 0.0939 e. The lowest BCUT2D eigenvalue weighted by Gasteiger charge is -2.42. The van der Waals surface area contributed by atoms with Crippen LogP contribution in [0.2, 0.25) is 0 Å². The fraction of sp³-hybridized carbons (Fsp3) is 1.00. The SMILES string of the molecule is ClC1CCCC(C2CCOC3(CCOC3)C2)C1. The van der Waals surface area contributed by atoms with Gasteiger partial charge in [0.05, 0.1) is 12.2 Å². The molecule has 4 unspecified atom stereocenters. The summed E-state index contributed by atoms with van der Waals surface area (Å²) in [7, 11) is 0. The molecule has 3 fully saturated rings. The summed E-state index contributed by atoms with van der Waals surface area (Å²) >= 11 is 6.33. The minimum atomic E-state index is 0.0716. The van der Waals surface area contributed by atoms with Gasteiger partial charge in [0, 0.05) is 25.0 Å². The second kappa shape index (κ2) is 5.07. The molecular weight excluding hydrogens is 236 g/mol. The Bertz CT molecular complexity index is 263. The Kier molecular flexibility index (Phi) is 3.65. The van der Waals surface area contributed by atoms with Crippen molar-refractivity contribution in [1.82, 2.24) is 0 Å². The first-order valence-corrected chi connectivity index (χ1v) is 7.57. The fourth-order valence-electron chi connectivity index (χ4n) is 3.93. The highest BCUT2D eigenvalue weighted by atomic mass is 35.5. The van der Waals surface area contributed by atoms with Crippen molar-refractivity contribution in [3.63, 3.8) is 0 Å². The average Bonchev–Trinajstić information content (AvgIpc) is 2.77. The minimum Gasteiger partial charge on any atom is -0.378 e. The van der Waals surface area contributed by atoms with Gasteiger partial charge in [-0.3, -0.25) is 0 Å². The van der Waals surface area contributed by atoms with Crippen LogP contribution in [0.4, 0.5) is 0 Å². The first-order valence-electron chi connectivity index (χ1n) is 7.13. The summed E-state index contributed by atoms with van der Waals surface area (Å²) in [5.74, 6) is 1.67. The first kappa shape index (κ1) is 12.3. The topological polar surface area (TPSA) is 18.5 Å². The zero-order valence-electron chi connectivity index (χ0n) is 10.5. The van der Waals surface area contributed by atoms with Gasteiger partial charge < -0.3 is 9.47 Å². The lowest BCUT2D eigenvalue weighted by Crippen LogP contribution is -2.43. The van der Waals surface area contributed by atoms with E-state index >= 15 is 0 Å². The Balaban J connectivity index is 1.62. The van der Waals surface area contributed by atoms with Crippen LogP contribution >= 0.6 is 11.6 Å². The molecule has 17 heavy (non-hydrogen) atoms. The van der Waals surface area contributed by atoms with E-state index in [1.54, 1.807) is 0 Å². The van der Waals surface area contributed by atoms with Crippen molar-refractivity contribution in [3.8, 4) is 0 Å². The molecule has 0 bridgehead atoms. The molecule has 2 saturated heterocycles. The van der Waals surface area contributed by atoms with Gasteiger partial charge in [0.1, 0.15) is 0 Å². The van der Waals surface area contributed by atoms with Gasteiger partial charge in [-0.1, -0.05) is 12.8 Å². The summed E-state index contributed by atoms with van der Waals surface area (Å²) in [6.07, 6.45) is 8.68. The van der Waals surface area contributed by atoms with Crippen molar-refractivity contribution in [3.05, 3.63) is 0 Å². The summed E-state index contributed by atoms with van der Waals surface area (Å²) in [6.45, 7) is 2.63. The average molecular weight is 259 g/mol. The van der Waals surface area contributed by atoms with E-state index < -0.39 is 0 Å². The Morgan fingerprint density at radius 3 is 2.76 bits per heavy atom. The van der Waals surface area contributed by atoms with Gasteiger partial charge >= 0.3 is 0 Å². The van der Waals surface area contributed by atoms with Crippen molar-refractivity contribution in [2.24, 2.45) is 11.8 Å². The van der Waals surface area contributed by atoms with E-state index in [-0.39, 0.29) is 5.60 Å². The number of hydrogen-bond acceptors (Lipinski definition) is 2. The molecule has 0 radical (unpaired) electrons. The standard InChI is InChI=1S/C14H23ClO2/c15-13-3-1-2-11(8-13)12-4-6-17-14(9-12)5-7-16-10-14/h11-13H,1-10H2. The van der Waals surface area contributed by atoms with Crippen LogP contribution in [0.3, 0.4) is 0 Å². The summed E-state index contributed by atoms with van der Waals surface area (Å²) in [6, 6.07) is 0. The molecule has 0 aromatic heterocycles. The highest BCUT2D eigenvalue weighted by molar-refractivity contribution is 6.20. The number of alkyl halides is 1. The van der Waals surface area contributed by atoms with Crippen LogP contribution in [0.15, 0.2) is 0 Å². The van der Waals surface area contributed by atoms with Gasteiger partial charge in [-0.15, -0.1) is 11.6 Å². The third kappa shape index (κ3) is 2.64. The molecule has 3 aliphatic rings. The molecule has 0 aromatic carbocycles. The zero-order valence-corrected chi connectivity index (χ0v) is 11.3. The number of ether oxygens (including phenoxy) is 2. The monoisotopic (exact) mass is 258 g/mol. The Hall–Kier alpha value is 0.210. The zero-order chi connectivity index (χ0) is 11.7. The van der Waals surface area contributed by atoms with E-state index in [1.807, 2.05) is 0 Å². The van der Waals surface area contributed by atoms with E-state index in [0.29, 0.717) is 5.38 Å². The molecule has 0 N–H and O–H groups in total. The second-order valence-corrected chi connectivity index (χ2v) is 6.73. The number of rotatable bonds is 1. The molecule has 2 nitrogen and oxygen atoms in total. The Morgan fingerprint density at radius 2 is 2.00 bits per heavy atom. The molecule has 2 aliphatic heterocycles. The first-order chi connectivity index (χ1) is 8.27. The molecule has 1 saturated carbocycles. The Morgan fingerprint density at radius 1 is 1.06 bits per heavy atom. The molecule has 1 spiro atoms. The normalized spacial score (nSPS) is 47.5. The molecule has 98 valence electrons. The van der Waals surface area contributed by atoms with Gasteiger partial charge in [0.2, 0.25) is 0 Å². The largest absolute Gasteiger partial charge is 0.378 e. The predicted molar refractivity (Wildman–Crippen MR) is 68.4 cm³/mol. The van der Waals surface area contributed by atoms with Crippen LogP contribution in [0.1, 0.15) is 44.9 Å². The quantitative estimate of drug-likeness (QED) is 0.672. The van der Waals surface area contributed by atoms with Gasteiger partial charge in [0.25, 0.3) is 0 Å². The van der Waals surface area contributed by atoms with E-state index in [9.17, 15) is 0 Å². The van der Waals surface area contributed by atoms with E-state index in [0.717, 1.165) is 38.1 Å². The molecule has 0 amide bonds. The highest BCUT2D eigenvalue weighted by Gasteiger charge is 2.43. The summed E-state index contributed by atoms with van der Waals surface area (Å²) in [5, 5.41) is 0.423. The van der Waals surface area contributed by atoms with Crippen LogP contribution in [-0.2, 0) is 9.47 Å². The van der Waals surface area contributed by atoms with Gasteiger partial charge in [-0.05, 0) is 37.5 Å². The lowest BCUT2D eigenvalue weighted by molar-refractivity contribution is -0.108. The second-order valence-electron chi connectivity index (χ2n) is 6.11. The van der Waals surface area contributed by atoms with E-state index in [2.05, 4.69) is 0 Å². The highest BCUT2D eigenvalue weighted by Crippen LogP contribution is 2.43. The maximum atomic E-state index is 6.33. The summed E-state index contributed by atoms with van der Waals surface area (Å²) in [4.78, 5) is 0. The fourth-order valence-corrected chi connectivity index (χ4v) is 4.31. The molecule has 2 heterocycles. The number of hydrogen-bond donors (Lipinski definition) is 0. The molecular formula is C14H23ClO2. The lowest BCUT2D eigenvalue weighted by atomic mass is 9.72. The molecule has 3 heteroatoms. The van der Waals surface area contributed by atoms with Crippen molar-refractivity contribution >= 4 is 11.6 Å². The molecule has 1 aliphatic carbocycles.